The van der Waals surface area contributed by atoms with Crippen molar-refractivity contribution in [3.8, 4) is 11.6 Å². The Morgan fingerprint density at radius 3 is 2.53 bits per heavy atom. The predicted molar refractivity (Wildman–Crippen MR) is 60.8 cm³/mol. The molecule has 0 saturated heterocycles. The molecule has 1 aromatic carbocycles. The lowest BCUT2D eigenvalue weighted by Gasteiger charge is -2.04. The minimum atomic E-state index is 0.463. The van der Waals surface area contributed by atoms with Crippen LogP contribution in [0.5, 0.6) is 11.6 Å². The molecule has 2 aromatic rings. The van der Waals surface area contributed by atoms with Gasteiger partial charge in [-0.15, -0.1) is 0 Å². The van der Waals surface area contributed by atoms with Crippen LogP contribution in [0.15, 0.2) is 42.6 Å². The van der Waals surface area contributed by atoms with Gasteiger partial charge in [-0.2, -0.15) is 0 Å². The second-order valence-electron chi connectivity index (χ2n) is 2.85. The molecule has 0 aliphatic carbocycles. The maximum atomic E-state index is 5.85. The Labute approximate surface area is 97.4 Å². The van der Waals surface area contributed by atoms with Gasteiger partial charge < -0.3 is 4.74 Å². The van der Waals surface area contributed by atoms with E-state index in [2.05, 4.69) is 4.98 Å². The average Bonchev–Trinajstić information content (AvgIpc) is 2.25. The molecular formula is C11H7Cl2NO. The van der Waals surface area contributed by atoms with Gasteiger partial charge in [0.15, 0.2) is 0 Å². The maximum absolute atomic E-state index is 5.85. The van der Waals surface area contributed by atoms with Gasteiger partial charge in [0.2, 0.25) is 5.88 Å². The summed E-state index contributed by atoms with van der Waals surface area (Å²) in [6.45, 7) is 0. The predicted octanol–water partition coefficient (Wildman–Crippen LogP) is 4.18. The topological polar surface area (TPSA) is 22.1 Å². The summed E-state index contributed by atoms with van der Waals surface area (Å²) >= 11 is 11.6. The van der Waals surface area contributed by atoms with E-state index in [1.54, 1.807) is 30.5 Å². The highest BCUT2D eigenvalue weighted by molar-refractivity contribution is 6.42. The van der Waals surface area contributed by atoms with Crippen LogP contribution in [0.4, 0.5) is 0 Å². The van der Waals surface area contributed by atoms with E-state index in [1.807, 2.05) is 12.1 Å². The molecule has 0 fully saturated rings. The quantitative estimate of drug-likeness (QED) is 0.785. The van der Waals surface area contributed by atoms with Crippen molar-refractivity contribution in [1.29, 1.82) is 0 Å². The summed E-state index contributed by atoms with van der Waals surface area (Å²) in [6.07, 6.45) is 1.66. The van der Waals surface area contributed by atoms with Crippen LogP contribution >= 0.6 is 23.2 Å². The summed E-state index contributed by atoms with van der Waals surface area (Å²) in [5, 5.41) is 0.968. The van der Waals surface area contributed by atoms with Gasteiger partial charge in [0, 0.05) is 18.3 Å². The first-order valence-electron chi connectivity index (χ1n) is 4.29. The fourth-order valence-electron chi connectivity index (χ4n) is 1.07. The van der Waals surface area contributed by atoms with Crippen molar-refractivity contribution in [3.63, 3.8) is 0 Å². The largest absolute Gasteiger partial charge is 0.439 e. The fourth-order valence-corrected chi connectivity index (χ4v) is 1.36. The van der Waals surface area contributed by atoms with Crippen LogP contribution in [0.2, 0.25) is 10.0 Å². The molecule has 15 heavy (non-hydrogen) atoms. The van der Waals surface area contributed by atoms with Gasteiger partial charge in [0.25, 0.3) is 0 Å². The zero-order chi connectivity index (χ0) is 10.7. The highest BCUT2D eigenvalue weighted by Crippen LogP contribution is 2.28. The Balaban J connectivity index is 2.22. The summed E-state index contributed by atoms with van der Waals surface area (Å²) in [7, 11) is 0. The molecule has 2 rings (SSSR count). The second kappa shape index (κ2) is 4.51. The second-order valence-corrected chi connectivity index (χ2v) is 3.66. The molecule has 0 N–H and O–H groups in total. The number of ether oxygens (including phenoxy) is 1. The first kappa shape index (κ1) is 10.3. The van der Waals surface area contributed by atoms with E-state index in [9.17, 15) is 0 Å². The smallest absolute Gasteiger partial charge is 0.219 e. The SMILES string of the molecule is Clc1ccc(Oc2ccccn2)cc1Cl. The van der Waals surface area contributed by atoms with Gasteiger partial charge in [-0.3, -0.25) is 0 Å². The van der Waals surface area contributed by atoms with Crippen LogP contribution in [-0.4, -0.2) is 4.98 Å². The molecule has 0 bridgehead atoms. The van der Waals surface area contributed by atoms with Crippen molar-refractivity contribution in [2.45, 2.75) is 0 Å². The molecule has 0 aliphatic heterocycles. The van der Waals surface area contributed by atoms with Crippen molar-refractivity contribution in [1.82, 2.24) is 4.98 Å². The van der Waals surface area contributed by atoms with E-state index in [1.165, 1.54) is 0 Å². The van der Waals surface area contributed by atoms with Crippen LogP contribution in [0.25, 0.3) is 0 Å². The molecular weight excluding hydrogens is 233 g/mol. The minimum absolute atomic E-state index is 0.463. The summed E-state index contributed by atoms with van der Waals surface area (Å²) in [4.78, 5) is 4.03. The highest BCUT2D eigenvalue weighted by Gasteiger charge is 2.01. The molecule has 0 saturated carbocycles. The molecule has 0 spiro atoms. The maximum Gasteiger partial charge on any atom is 0.219 e. The lowest BCUT2D eigenvalue weighted by molar-refractivity contribution is 0.463. The minimum Gasteiger partial charge on any atom is -0.439 e. The summed E-state index contributed by atoms with van der Waals surface area (Å²) in [5.41, 5.74) is 0. The molecule has 0 unspecified atom stereocenters. The normalized spacial score (nSPS) is 10.0. The van der Waals surface area contributed by atoms with E-state index < -0.39 is 0 Å². The number of hydrogen-bond donors (Lipinski definition) is 0. The van der Waals surface area contributed by atoms with Gasteiger partial charge in [0.1, 0.15) is 5.75 Å². The fraction of sp³-hybridized carbons (Fsp3) is 0. The zero-order valence-corrected chi connectivity index (χ0v) is 9.16. The van der Waals surface area contributed by atoms with E-state index >= 15 is 0 Å². The number of hydrogen-bond acceptors (Lipinski definition) is 2. The van der Waals surface area contributed by atoms with Gasteiger partial charge in [-0.05, 0) is 18.2 Å². The van der Waals surface area contributed by atoms with Crippen LogP contribution < -0.4 is 4.74 Å². The van der Waals surface area contributed by atoms with Crippen LogP contribution in [0, 0.1) is 0 Å². The highest BCUT2D eigenvalue weighted by atomic mass is 35.5. The number of aromatic nitrogens is 1. The van der Waals surface area contributed by atoms with Crippen LogP contribution in [0.3, 0.4) is 0 Å². The van der Waals surface area contributed by atoms with Crippen molar-refractivity contribution in [2.24, 2.45) is 0 Å². The third kappa shape index (κ3) is 2.61. The lowest BCUT2D eigenvalue weighted by atomic mass is 10.3. The molecule has 2 nitrogen and oxygen atoms in total. The van der Waals surface area contributed by atoms with Crippen molar-refractivity contribution in [3.05, 3.63) is 52.6 Å². The number of halogens is 2. The Morgan fingerprint density at radius 1 is 1.00 bits per heavy atom. The first-order chi connectivity index (χ1) is 7.25. The summed E-state index contributed by atoms with van der Waals surface area (Å²) in [6, 6.07) is 10.5. The molecule has 1 aromatic heterocycles. The summed E-state index contributed by atoms with van der Waals surface area (Å²) in [5.74, 6) is 1.14. The molecule has 1 heterocycles. The number of rotatable bonds is 2. The number of nitrogens with zero attached hydrogens (tertiary/aromatic N) is 1. The van der Waals surface area contributed by atoms with E-state index in [-0.39, 0.29) is 0 Å². The molecule has 0 amide bonds. The van der Waals surface area contributed by atoms with Crippen molar-refractivity contribution < 1.29 is 4.74 Å². The Hall–Kier alpha value is -1.25. The number of pyridine rings is 1. The van der Waals surface area contributed by atoms with Crippen LogP contribution in [-0.2, 0) is 0 Å². The van der Waals surface area contributed by atoms with Gasteiger partial charge >= 0.3 is 0 Å². The van der Waals surface area contributed by atoms with Crippen molar-refractivity contribution in [2.75, 3.05) is 0 Å². The van der Waals surface area contributed by atoms with Gasteiger partial charge in [-0.1, -0.05) is 29.3 Å². The average molecular weight is 240 g/mol. The third-order valence-electron chi connectivity index (χ3n) is 1.75. The molecule has 0 atom stereocenters. The monoisotopic (exact) mass is 239 g/mol. The van der Waals surface area contributed by atoms with Gasteiger partial charge in [0.05, 0.1) is 10.0 Å². The van der Waals surface area contributed by atoms with E-state index in [4.69, 9.17) is 27.9 Å². The molecule has 0 radical (unpaired) electrons. The first-order valence-corrected chi connectivity index (χ1v) is 5.05. The van der Waals surface area contributed by atoms with E-state index in [0.29, 0.717) is 21.7 Å². The third-order valence-corrected chi connectivity index (χ3v) is 2.49. The standard InChI is InChI=1S/C11H7Cl2NO/c12-9-5-4-8(7-10(9)13)15-11-3-1-2-6-14-11/h1-7H. The Kier molecular flexibility index (Phi) is 3.09. The van der Waals surface area contributed by atoms with Crippen LogP contribution in [0.1, 0.15) is 0 Å². The molecule has 0 aliphatic rings. The lowest BCUT2D eigenvalue weighted by Crippen LogP contribution is -1.86. The van der Waals surface area contributed by atoms with Crippen molar-refractivity contribution >= 4 is 23.2 Å². The molecule has 4 heteroatoms. The summed E-state index contributed by atoms with van der Waals surface area (Å²) < 4.78 is 5.46. The van der Waals surface area contributed by atoms with E-state index in [0.717, 1.165) is 0 Å². The molecule has 76 valence electrons. The van der Waals surface area contributed by atoms with Gasteiger partial charge in [-0.25, -0.2) is 4.98 Å². The number of benzene rings is 1. The Bertz CT molecular complexity index is 459. The Morgan fingerprint density at radius 2 is 1.87 bits per heavy atom. The zero-order valence-electron chi connectivity index (χ0n) is 7.65.